The van der Waals surface area contributed by atoms with Crippen LogP contribution in [0.4, 0.5) is 0 Å². The maximum atomic E-state index is 5.99. The van der Waals surface area contributed by atoms with E-state index in [0.29, 0.717) is 13.2 Å². The molecule has 0 radical (unpaired) electrons. The molecule has 0 aromatic carbocycles. The van der Waals surface area contributed by atoms with Crippen LogP contribution in [0.1, 0.15) is 65.2 Å². The smallest absolute Gasteiger partial charge is 0.180 e. The number of allylic oxidation sites excluding steroid dienone is 2. The standard InChI is InChI=1S/C24H46O7/c1-7-29-23(19-15-11-9-13-17-21(25-3)26-4)31-24(30-8-2)20-16-12-10-14-18-22(27-5)28-6/h15-16,19-24H,7-14,17-18H2,1-6H3. The van der Waals surface area contributed by atoms with Gasteiger partial charge in [0, 0.05) is 41.7 Å². The van der Waals surface area contributed by atoms with Gasteiger partial charge in [0.15, 0.2) is 25.2 Å². The van der Waals surface area contributed by atoms with E-state index < -0.39 is 12.6 Å². The van der Waals surface area contributed by atoms with Crippen molar-refractivity contribution in [3.63, 3.8) is 0 Å². The van der Waals surface area contributed by atoms with Crippen LogP contribution in [0.3, 0.4) is 0 Å². The molecule has 0 amide bonds. The molecule has 0 aliphatic rings. The summed E-state index contributed by atoms with van der Waals surface area (Å²) in [6, 6.07) is 0. The Morgan fingerprint density at radius 2 is 0.968 bits per heavy atom. The van der Waals surface area contributed by atoms with Crippen LogP contribution in [0.25, 0.3) is 0 Å². The van der Waals surface area contributed by atoms with Gasteiger partial charge in [-0.15, -0.1) is 0 Å². The molecule has 0 fully saturated rings. The molecule has 0 bridgehead atoms. The van der Waals surface area contributed by atoms with Crippen molar-refractivity contribution < 1.29 is 33.2 Å². The lowest BCUT2D eigenvalue weighted by molar-refractivity contribution is -0.204. The van der Waals surface area contributed by atoms with Crippen LogP contribution in [-0.4, -0.2) is 66.8 Å². The summed E-state index contributed by atoms with van der Waals surface area (Å²) < 4.78 is 38.2. The van der Waals surface area contributed by atoms with E-state index in [2.05, 4.69) is 12.2 Å². The molecule has 0 spiro atoms. The van der Waals surface area contributed by atoms with E-state index in [9.17, 15) is 0 Å². The Balaban J connectivity index is 4.34. The Kier molecular flexibility index (Phi) is 21.8. The van der Waals surface area contributed by atoms with Gasteiger partial charge in [-0.1, -0.05) is 12.2 Å². The number of methoxy groups -OCH3 is 4. The van der Waals surface area contributed by atoms with Gasteiger partial charge >= 0.3 is 0 Å². The van der Waals surface area contributed by atoms with Crippen LogP contribution in [-0.2, 0) is 33.2 Å². The first kappa shape index (κ1) is 30.2. The summed E-state index contributed by atoms with van der Waals surface area (Å²) in [5, 5.41) is 0. The Bertz CT molecular complexity index is 382. The lowest BCUT2D eigenvalue weighted by Gasteiger charge is -2.20. The molecule has 7 heteroatoms. The summed E-state index contributed by atoms with van der Waals surface area (Å²) >= 11 is 0. The summed E-state index contributed by atoms with van der Waals surface area (Å²) in [6.07, 6.45) is 14.9. The zero-order valence-corrected chi connectivity index (χ0v) is 20.5. The summed E-state index contributed by atoms with van der Waals surface area (Å²) in [6.45, 7) is 5.06. The van der Waals surface area contributed by atoms with Gasteiger partial charge in [0.2, 0.25) is 0 Å². The Morgan fingerprint density at radius 1 is 0.581 bits per heavy atom. The first-order valence-corrected chi connectivity index (χ1v) is 11.5. The molecule has 0 saturated heterocycles. The van der Waals surface area contributed by atoms with Crippen molar-refractivity contribution in [2.45, 2.75) is 90.4 Å². The van der Waals surface area contributed by atoms with E-state index in [1.807, 2.05) is 26.0 Å². The van der Waals surface area contributed by atoms with Gasteiger partial charge in [0.1, 0.15) is 0 Å². The highest BCUT2D eigenvalue weighted by molar-refractivity contribution is 4.89. The van der Waals surface area contributed by atoms with Gasteiger partial charge in [0.25, 0.3) is 0 Å². The summed E-state index contributed by atoms with van der Waals surface area (Å²) in [7, 11) is 6.66. The zero-order chi connectivity index (χ0) is 23.2. The van der Waals surface area contributed by atoms with Crippen molar-refractivity contribution >= 4 is 0 Å². The quantitative estimate of drug-likeness (QED) is 0.129. The first-order chi connectivity index (χ1) is 15.1. The molecular formula is C24H46O7. The minimum Gasteiger partial charge on any atom is -0.356 e. The molecule has 184 valence electrons. The fraction of sp³-hybridized carbons (Fsp3) is 0.833. The van der Waals surface area contributed by atoms with E-state index in [1.54, 1.807) is 28.4 Å². The summed E-state index contributed by atoms with van der Waals surface area (Å²) in [4.78, 5) is 0. The van der Waals surface area contributed by atoms with Crippen molar-refractivity contribution in [3.05, 3.63) is 24.3 Å². The van der Waals surface area contributed by atoms with E-state index >= 15 is 0 Å². The van der Waals surface area contributed by atoms with Crippen molar-refractivity contribution in [1.29, 1.82) is 0 Å². The first-order valence-electron chi connectivity index (χ1n) is 11.5. The third-order valence-electron chi connectivity index (χ3n) is 4.69. The Morgan fingerprint density at radius 3 is 1.29 bits per heavy atom. The van der Waals surface area contributed by atoms with Crippen molar-refractivity contribution in [3.8, 4) is 0 Å². The molecule has 0 heterocycles. The van der Waals surface area contributed by atoms with E-state index in [1.165, 1.54) is 0 Å². The number of rotatable bonds is 22. The fourth-order valence-corrected chi connectivity index (χ4v) is 2.97. The van der Waals surface area contributed by atoms with Gasteiger partial charge in [-0.2, -0.15) is 0 Å². The Labute approximate surface area is 190 Å². The van der Waals surface area contributed by atoms with Crippen LogP contribution in [0.15, 0.2) is 24.3 Å². The summed E-state index contributed by atoms with van der Waals surface area (Å²) in [5.74, 6) is 0. The lowest BCUT2D eigenvalue weighted by atomic mass is 10.2. The minimum absolute atomic E-state index is 0.122. The second-order valence-corrected chi connectivity index (χ2v) is 7.01. The molecule has 0 saturated carbocycles. The molecule has 0 rings (SSSR count). The maximum absolute atomic E-state index is 5.99. The largest absolute Gasteiger partial charge is 0.356 e. The number of ether oxygens (including phenoxy) is 7. The number of unbranched alkanes of at least 4 members (excludes halogenated alkanes) is 4. The normalized spacial score (nSPS) is 14.5. The van der Waals surface area contributed by atoms with Crippen LogP contribution >= 0.6 is 0 Å². The molecule has 0 aliphatic heterocycles. The topological polar surface area (TPSA) is 64.6 Å². The highest BCUT2D eigenvalue weighted by Gasteiger charge is 2.12. The number of hydrogen-bond donors (Lipinski definition) is 0. The lowest BCUT2D eigenvalue weighted by Crippen LogP contribution is -2.24. The van der Waals surface area contributed by atoms with Crippen LogP contribution < -0.4 is 0 Å². The van der Waals surface area contributed by atoms with Gasteiger partial charge in [-0.25, -0.2) is 0 Å². The van der Waals surface area contributed by atoms with Crippen LogP contribution in [0.2, 0.25) is 0 Å². The second kappa shape index (κ2) is 22.4. The molecule has 0 N–H and O–H groups in total. The monoisotopic (exact) mass is 446 g/mol. The molecule has 2 unspecified atom stereocenters. The molecule has 2 atom stereocenters. The highest BCUT2D eigenvalue weighted by Crippen LogP contribution is 2.11. The highest BCUT2D eigenvalue weighted by atomic mass is 16.8. The van der Waals surface area contributed by atoms with Crippen LogP contribution in [0.5, 0.6) is 0 Å². The van der Waals surface area contributed by atoms with Crippen LogP contribution in [0, 0.1) is 0 Å². The second-order valence-electron chi connectivity index (χ2n) is 7.01. The van der Waals surface area contributed by atoms with E-state index in [-0.39, 0.29) is 12.6 Å². The predicted octanol–water partition coefficient (Wildman–Crippen LogP) is 5.20. The van der Waals surface area contributed by atoms with Crippen molar-refractivity contribution in [2.75, 3.05) is 41.7 Å². The molecule has 7 nitrogen and oxygen atoms in total. The van der Waals surface area contributed by atoms with Gasteiger partial charge in [-0.3, -0.25) is 0 Å². The van der Waals surface area contributed by atoms with Gasteiger partial charge in [0.05, 0.1) is 0 Å². The fourth-order valence-electron chi connectivity index (χ4n) is 2.97. The number of hydrogen-bond acceptors (Lipinski definition) is 7. The summed E-state index contributed by atoms with van der Waals surface area (Å²) in [5.41, 5.74) is 0. The molecule has 0 aromatic heterocycles. The minimum atomic E-state index is -0.430. The van der Waals surface area contributed by atoms with Gasteiger partial charge < -0.3 is 33.2 Å². The Hall–Kier alpha value is -0.800. The zero-order valence-electron chi connectivity index (χ0n) is 20.5. The third-order valence-corrected chi connectivity index (χ3v) is 4.69. The van der Waals surface area contributed by atoms with Gasteiger partial charge in [-0.05, 0) is 77.4 Å². The van der Waals surface area contributed by atoms with E-state index in [0.717, 1.165) is 51.4 Å². The van der Waals surface area contributed by atoms with Crippen molar-refractivity contribution in [2.24, 2.45) is 0 Å². The molecule has 31 heavy (non-hydrogen) atoms. The molecule has 0 aromatic rings. The SMILES string of the molecule is CCOC(C=CCCCCC(OC)OC)OC(C=CCCCCC(OC)OC)OCC. The van der Waals surface area contributed by atoms with E-state index in [4.69, 9.17) is 33.2 Å². The molecular weight excluding hydrogens is 400 g/mol. The average Bonchev–Trinajstić information content (AvgIpc) is 2.78. The third kappa shape index (κ3) is 17.4. The predicted molar refractivity (Wildman–Crippen MR) is 123 cm³/mol. The molecule has 0 aliphatic carbocycles. The van der Waals surface area contributed by atoms with Crippen molar-refractivity contribution in [1.82, 2.24) is 0 Å². The maximum Gasteiger partial charge on any atom is 0.180 e. The average molecular weight is 447 g/mol.